The highest BCUT2D eigenvalue weighted by molar-refractivity contribution is 7.92. The molecule has 0 bridgehead atoms. The van der Waals surface area contributed by atoms with Gasteiger partial charge in [0.25, 0.3) is 0 Å². The Kier molecular flexibility index (Phi) is 6.08. The number of hydrogen-bond acceptors (Lipinski definition) is 3. The van der Waals surface area contributed by atoms with Gasteiger partial charge >= 0.3 is 0 Å². The van der Waals surface area contributed by atoms with Gasteiger partial charge in [0, 0.05) is 6.54 Å². The van der Waals surface area contributed by atoms with Crippen molar-refractivity contribution in [1.82, 2.24) is 5.32 Å². The average molecular weight is 375 g/mol. The van der Waals surface area contributed by atoms with Gasteiger partial charge in [-0.05, 0) is 49.9 Å². The summed E-state index contributed by atoms with van der Waals surface area (Å²) >= 11 is 0. The number of carbonyl (C=O) groups excluding carboxylic acids is 1. The summed E-state index contributed by atoms with van der Waals surface area (Å²) in [6.07, 6.45) is 1.13. The van der Waals surface area contributed by atoms with E-state index in [0.29, 0.717) is 12.2 Å². The summed E-state index contributed by atoms with van der Waals surface area (Å²) in [6, 6.07) is 11.6. The summed E-state index contributed by atoms with van der Waals surface area (Å²) < 4.78 is 25.8. The van der Waals surface area contributed by atoms with Crippen molar-refractivity contribution in [1.29, 1.82) is 0 Å². The number of sulfonamides is 1. The SMILES string of the molecule is Cc1cc(C)c(N(CC(=O)NCc2ccccc2C)S(C)(=O)=O)c(C)c1. The van der Waals surface area contributed by atoms with Crippen molar-refractivity contribution in [2.75, 3.05) is 17.1 Å². The number of rotatable bonds is 6. The second-order valence-electron chi connectivity index (χ2n) is 6.72. The summed E-state index contributed by atoms with van der Waals surface area (Å²) in [6.45, 7) is 7.79. The molecule has 0 aromatic heterocycles. The molecule has 1 N–H and O–H groups in total. The van der Waals surface area contributed by atoms with Crippen LogP contribution in [0.5, 0.6) is 0 Å². The lowest BCUT2D eigenvalue weighted by Crippen LogP contribution is -2.41. The smallest absolute Gasteiger partial charge is 0.241 e. The molecule has 0 saturated carbocycles. The zero-order chi connectivity index (χ0) is 19.5. The van der Waals surface area contributed by atoms with Crippen LogP contribution in [0.1, 0.15) is 27.8 Å². The number of aryl methyl sites for hydroxylation is 4. The van der Waals surface area contributed by atoms with Crippen LogP contribution >= 0.6 is 0 Å². The molecule has 0 saturated heterocycles. The van der Waals surface area contributed by atoms with E-state index in [4.69, 9.17) is 0 Å². The van der Waals surface area contributed by atoms with Gasteiger partial charge in [0.05, 0.1) is 11.9 Å². The highest BCUT2D eigenvalue weighted by Crippen LogP contribution is 2.28. The predicted molar refractivity (Wildman–Crippen MR) is 106 cm³/mol. The van der Waals surface area contributed by atoms with Gasteiger partial charge in [0.1, 0.15) is 6.54 Å². The molecule has 0 heterocycles. The molecule has 5 nitrogen and oxygen atoms in total. The molecular formula is C20H26N2O3S. The average Bonchev–Trinajstić information content (AvgIpc) is 2.51. The maximum absolute atomic E-state index is 12.4. The van der Waals surface area contributed by atoms with Gasteiger partial charge in [-0.3, -0.25) is 9.10 Å². The highest BCUT2D eigenvalue weighted by Gasteiger charge is 2.24. The highest BCUT2D eigenvalue weighted by atomic mass is 32.2. The number of nitrogens with one attached hydrogen (secondary N) is 1. The van der Waals surface area contributed by atoms with Crippen molar-refractivity contribution in [2.24, 2.45) is 0 Å². The van der Waals surface area contributed by atoms with Crippen molar-refractivity contribution in [3.8, 4) is 0 Å². The van der Waals surface area contributed by atoms with Crippen LogP contribution in [-0.2, 0) is 21.4 Å². The molecule has 6 heteroatoms. The first kappa shape index (κ1) is 20.0. The lowest BCUT2D eigenvalue weighted by Gasteiger charge is -2.26. The topological polar surface area (TPSA) is 66.5 Å². The maximum atomic E-state index is 12.4. The zero-order valence-electron chi connectivity index (χ0n) is 16.0. The third kappa shape index (κ3) is 4.85. The Bertz CT molecular complexity index is 897. The van der Waals surface area contributed by atoms with Crippen molar-refractivity contribution >= 4 is 21.6 Å². The zero-order valence-corrected chi connectivity index (χ0v) is 16.8. The van der Waals surface area contributed by atoms with Gasteiger partial charge in [0.2, 0.25) is 15.9 Å². The molecule has 0 spiro atoms. The summed E-state index contributed by atoms with van der Waals surface area (Å²) in [4.78, 5) is 12.4. The number of carbonyl (C=O) groups is 1. The fraction of sp³-hybridized carbons (Fsp3) is 0.350. The van der Waals surface area contributed by atoms with E-state index in [0.717, 1.165) is 34.1 Å². The third-order valence-corrected chi connectivity index (χ3v) is 5.42. The number of hydrogen-bond donors (Lipinski definition) is 1. The van der Waals surface area contributed by atoms with E-state index in [1.54, 1.807) is 0 Å². The summed E-state index contributed by atoms with van der Waals surface area (Å²) in [5, 5.41) is 2.82. The number of amides is 1. The van der Waals surface area contributed by atoms with Gasteiger partial charge in [-0.25, -0.2) is 8.42 Å². The Labute approximate surface area is 156 Å². The first-order valence-corrected chi connectivity index (χ1v) is 10.3. The molecule has 2 aromatic rings. The third-order valence-electron chi connectivity index (χ3n) is 4.31. The van der Waals surface area contributed by atoms with Gasteiger partial charge in [-0.1, -0.05) is 42.0 Å². The van der Waals surface area contributed by atoms with E-state index in [2.05, 4.69) is 5.32 Å². The maximum Gasteiger partial charge on any atom is 0.241 e. The van der Waals surface area contributed by atoms with Crippen molar-refractivity contribution in [3.63, 3.8) is 0 Å². The molecule has 0 unspecified atom stereocenters. The lowest BCUT2D eigenvalue weighted by molar-refractivity contribution is -0.119. The number of benzene rings is 2. The van der Waals surface area contributed by atoms with E-state index in [1.807, 2.05) is 64.1 Å². The Morgan fingerprint density at radius 1 is 1.00 bits per heavy atom. The van der Waals surface area contributed by atoms with Crippen LogP contribution in [0.4, 0.5) is 5.69 Å². The Morgan fingerprint density at radius 3 is 2.12 bits per heavy atom. The fourth-order valence-electron chi connectivity index (χ4n) is 3.12. The minimum atomic E-state index is -3.59. The van der Waals surface area contributed by atoms with Crippen molar-refractivity contribution in [3.05, 3.63) is 64.2 Å². The summed E-state index contributed by atoms with van der Waals surface area (Å²) in [5.41, 5.74) is 5.39. The molecule has 2 rings (SSSR count). The van der Waals surface area contributed by atoms with Crippen LogP contribution in [-0.4, -0.2) is 27.1 Å². The second-order valence-corrected chi connectivity index (χ2v) is 8.63. The monoisotopic (exact) mass is 374 g/mol. The first-order valence-electron chi connectivity index (χ1n) is 8.46. The molecular weight excluding hydrogens is 348 g/mol. The van der Waals surface area contributed by atoms with Gasteiger partial charge in [-0.15, -0.1) is 0 Å². The summed E-state index contributed by atoms with van der Waals surface area (Å²) in [7, 11) is -3.59. The standard InChI is InChI=1S/C20H26N2O3S/c1-14-10-16(3)20(17(4)11-14)22(26(5,24)25)13-19(23)21-12-18-9-7-6-8-15(18)2/h6-11H,12-13H2,1-5H3,(H,21,23). The van der Waals surface area contributed by atoms with Crippen LogP contribution in [0.15, 0.2) is 36.4 Å². The fourth-order valence-corrected chi connectivity index (χ4v) is 4.09. The van der Waals surface area contributed by atoms with E-state index >= 15 is 0 Å². The Morgan fingerprint density at radius 2 is 1.58 bits per heavy atom. The molecule has 1 amide bonds. The molecule has 140 valence electrons. The van der Waals surface area contributed by atoms with E-state index < -0.39 is 10.0 Å². The molecule has 26 heavy (non-hydrogen) atoms. The van der Waals surface area contributed by atoms with Crippen molar-refractivity contribution in [2.45, 2.75) is 34.2 Å². The molecule has 0 radical (unpaired) electrons. The minimum absolute atomic E-state index is 0.241. The van der Waals surface area contributed by atoms with Crippen LogP contribution in [0.2, 0.25) is 0 Å². The number of nitrogens with zero attached hydrogens (tertiary/aromatic N) is 1. The largest absolute Gasteiger partial charge is 0.350 e. The van der Waals surface area contributed by atoms with E-state index in [1.165, 1.54) is 4.31 Å². The Hall–Kier alpha value is -2.34. The lowest BCUT2D eigenvalue weighted by atomic mass is 10.1. The predicted octanol–water partition coefficient (Wildman–Crippen LogP) is 3.00. The van der Waals surface area contributed by atoms with Gasteiger partial charge in [-0.2, -0.15) is 0 Å². The van der Waals surface area contributed by atoms with Gasteiger partial charge in [0.15, 0.2) is 0 Å². The van der Waals surface area contributed by atoms with Crippen LogP contribution in [0.3, 0.4) is 0 Å². The van der Waals surface area contributed by atoms with Crippen LogP contribution < -0.4 is 9.62 Å². The van der Waals surface area contributed by atoms with Gasteiger partial charge < -0.3 is 5.32 Å². The molecule has 0 fully saturated rings. The molecule has 0 aliphatic rings. The molecule has 0 aliphatic heterocycles. The van der Waals surface area contributed by atoms with Crippen molar-refractivity contribution < 1.29 is 13.2 Å². The number of anilines is 1. The first-order chi connectivity index (χ1) is 12.1. The normalized spacial score (nSPS) is 11.3. The molecule has 0 aliphatic carbocycles. The Balaban J connectivity index is 2.22. The molecule has 2 aromatic carbocycles. The van der Waals surface area contributed by atoms with E-state index in [9.17, 15) is 13.2 Å². The van der Waals surface area contributed by atoms with E-state index in [-0.39, 0.29) is 12.5 Å². The minimum Gasteiger partial charge on any atom is -0.350 e. The van der Waals surface area contributed by atoms with Crippen LogP contribution in [0.25, 0.3) is 0 Å². The summed E-state index contributed by atoms with van der Waals surface area (Å²) in [5.74, 6) is -0.335. The second kappa shape index (κ2) is 7.91. The quantitative estimate of drug-likeness (QED) is 0.845. The van der Waals surface area contributed by atoms with Crippen LogP contribution in [0, 0.1) is 27.7 Å². The molecule has 0 atom stereocenters.